The van der Waals surface area contributed by atoms with Crippen molar-refractivity contribution in [1.82, 2.24) is 9.55 Å². The van der Waals surface area contributed by atoms with Crippen LogP contribution in [-0.2, 0) is 0 Å². The van der Waals surface area contributed by atoms with Gasteiger partial charge in [-0.2, -0.15) is 0 Å². The summed E-state index contributed by atoms with van der Waals surface area (Å²) in [5.41, 5.74) is 1.14. The summed E-state index contributed by atoms with van der Waals surface area (Å²) in [6.07, 6.45) is 4.97. The molecule has 0 fully saturated rings. The van der Waals surface area contributed by atoms with Crippen molar-refractivity contribution in [2.75, 3.05) is 0 Å². The highest BCUT2D eigenvalue weighted by molar-refractivity contribution is 5.81. The lowest BCUT2D eigenvalue weighted by Gasteiger charge is -2.02. The quantitative estimate of drug-likeness (QED) is 0.581. The lowest BCUT2D eigenvalue weighted by molar-refractivity contribution is 1.04. The van der Waals surface area contributed by atoms with Gasteiger partial charge < -0.3 is 0 Å². The molecule has 0 bridgehead atoms. The highest BCUT2D eigenvalue weighted by Gasteiger charge is 2.02. The Morgan fingerprint density at radius 2 is 1.87 bits per heavy atom. The summed E-state index contributed by atoms with van der Waals surface area (Å²) in [6.45, 7) is 0. The van der Waals surface area contributed by atoms with Crippen LogP contribution in [-0.4, -0.2) is 9.55 Å². The molecule has 0 aliphatic heterocycles. The zero-order chi connectivity index (χ0) is 10.1. The molecule has 2 heteroatoms. The van der Waals surface area contributed by atoms with Crippen LogP contribution in [0.5, 0.6) is 0 Å². The summed E-state index contributed by atoms with van der Waals surface area (Å²) in [7, 11) is 0. The molecule has 2 nitrogen and oxygen atoms in total. The predicted octanol–water partition coefficient (Wildman–Crippen LogP) is 2.83. The van der Waals surface area contributed by atoms with Crippen molar-refractivity contribution in [3.8, 4) is 5.82 Å². The molecule has 0 aliphatic carbocycles. The lowest BCUT2D eigenvalue weighted by Crippen LogP contribution is -1.94. The number of rotatable bonds is 1. The molecule has 1 aromatic carbocycles. The van der Waals surface area contributed by atoms with Crippen LogP contribution >= 0.6 is 0 Å². The summed E-state index contributed by atoms with van der Waals surface area (Å²) in [4.78, 5) is 4.30. The first kappa shape index (κ1) is 8.24. The van der Waals surface area contributed by atoms with E-state index >= 15 is 0 Å². The predicted molar refractivity (Wildman–Crippen MR) is 59.9 cm³/mol. The second kappa shape index (κ2) is 3.24. The molecule has 0 spiro atoms. The van der Waals surface area contributed by atoms with Gasteiger partial charge in [-0.1, -0.05) is 24.3 Å². The molecule has 0 saturated carbocycles. The Bertz CT molecular complexity index is 582. The molecule has 0 atom stereocenters. The highest BCUT2D eigenvalue weighted by Crippen LogP contribution is 2.17. The molecule has 71 valence electrons. The molecule has 3 aromatic rings. The van der Waals surface area contributed by atoms with Gasteiger partial charge in [0.15, 0.2) is 0 Å². The molecule has 2 heterocycles. The van der Waals surface area contributed by atoms with E-state index in [4.69, 9.17) is 0 Å². The van der Waals surface area contributed by atoms with E-state index in [0.29, 0.717) is 0 Å². The van der Waals surface area contributed by atoms with Gasteiger partial charge in [0.25, 0.3) is 0 Å². The minimum absolute atomic E-state index is 0.902. The Labute approximate surface area is 87.8 Å². The fraction of sp³-hybridized carbons (Fsp3) is 0. The van der Waals surface area contributed by atoms with Gasteiger partial charge in [0.05, 0.1) is 11.7 Å². The molecule has 0 unspecified atom stereocenters. The summed E-state index contributed by atoms with van der Waals surface area (Å²) in [5, 5.41) is 1.18. The van der Waals surface area contributed by atoms with Crippen LogP contribution in [0.2, 0.25) is 0 Å². The van der Waals surface area contributed by atoms with Gasteiger partial charge in [-0.15, -0.1) is 0 Å². The maximum absolute atomic E-state index is 4.30. The number of para-hydroxylation sites is 1. The van der Waals surface area contributed by atoms with E-state index in [1.54, 1.807) is 6.20 Å². The molecule has 15 heavy (non-hydrogen) atoms. The molecule has 1 radical (unpaired) electrons. The second-order valence-corrected chi connectivity index (χ2v) is 3.36. The zero-order valence-corrected chi connectivity index (χ0v) is 8.09. The number of fused-ring (bicyclic) bond motifs is 1. The highest BCUT2D eigenvalue weighted by atomic mass is 15.0. The lowest BCUT2D eigenvalue weighted by atomic mass is 10.2. The Balaban J connectivity index is 2.28. The van der Waals surface area contributed by atoms with Crippen LogP contribution in [0.3, 0.4) is 0 Å². The largest absolute Gasteiger partial charge is 0.292 e. The van der Waals surface area contributed by atoms with Crippen molar-refractivity contribution in [3.05, 3.63) is 60.9 Å². The van der Waals surface area contributed by atoms with Crippen LogP contribution in [0.1, 0.15) is 0 Å². The van der Waals surface area contributed by atoms with Crippen LogP contribution in [0.15, 0.2) is 54.7 Å². The summed E-state index contributed by atoms with van der Waals surface area (Å²) in [5.74, 6) is 0.902. The van der Waals surface area contributed by atoms with E-state index in [9.17, 15) is 0 Å². The zero-order valence-electron chi connectivity index (χ0n) is 8.09. The Morgan fingerprint density at radius 1 is 1.00 bits per heavy atom. The van der Waals surface area contributed by atoms with Crippen molar-refractivity contribution < 1.29 is 0 Å². The number of benzene rings is 1. The van der Waals surface area contributed by atoms with Gasteiger partial charge >= 0.3 is 0 Å². The van der Waals surface area contributed by atoms with E-state index in [-0.39, 0.29) is 0 Å². The molecule has 2 aromatic heterocycles. The molecule has 0 N–H and O–H groups in total. The van der Waals surface area contributed by atoms with Gasteiger partial charge in [0.2, 0.25) is 0 Å². The second-order valence-electron chi connectivity index (χ2n) is 3.36. The maximum atomic E-state index is 4.30. The van der Waals surface area contributed by atoms with Crippen LogP contribution in [0.25, 0.3) is 16.7 Å². The summed E-state index contributed by atoms with van der Waals surface area (Å²) >= 11 is 0. The Kier molecular flexibility index (Phi) is 1.78. The standard InChI is InChI=1S/C13H9N2/c1-2-6-12-11(5-1)8-10-15(12)13-7-3-4-9-14-13/h1-9H. The third kappa shape index (κ3) is 1.31. The van der Waals surface area contributed by atoms with Crippen LogP contribution < -0.4 is 0 Å². The first-order chi connectivity index (χ1) is 7.45. The third-order valence-corrected chi connectivity index (χ3v) is 2.41. The number of nitrogens with zero attached hydrogens (tertiary/aromatic N) is 2. The average molecular weight is 193 g/mol. The SMILES string of the molecule is [c]1cc2ccccc2n1-c1ccccn1. The fourth-order valence-electron chi connectivity index (χ4n) is 1.69. The fourth-order valence-corrected chi connectivity index (χ4v) is 1.69. The van der Waals surface area contributed by atoms with Crippen LogP contribution in [0, 0.1) is 6.20 Å². The van der Waals surface area contributed by atoms with Crippen molar-refractivity contribution in [2.45, 2.75) is 0 Å². The normalized spacial score (nSPS) is 10.7. The molecular formula is C13H9N2. The number of aromatic nitrogens is 2. The minimum atomic E-state index is 0.902. The molecule has 0 aliphatic rings. The Hall–Kier alpha value is -2.09. The number of hydrogen-bond donors (Lipinski definition) is 0. The van der Waals surface area contributed by atoms with E-state index in [1.807, 2.05) is 41.0 Å². The summed E-state index contributed by atoms with van der Waals surface area (Å²) < 4.78 is 1.97. The molecule has 0 saturated heterocycles. The van der Waals surface area contributed by atoms with E-state index in [1.165, 1.54) is 5.39 Å². The molecular weight excluding hydrogens is 184 g/mol. The average Bonchev–Trinajstić information content (AvgIpc) is 2.74. The van der Waals surface area contributed by atoms with Gasteiger partial charge in [0.1, 0.15) is 5.82 Å². The molecule has 3 rings (SSSR count). The number of pyridine rings is 1. The third-order valence-electron chi connectivity index (χ3n) is 2.41. The first-order valence-electron chi connectivity index (χ1n) is 4.85. The van der Waals surface area contributed by atoms with Crippen LogP contribution in [0.4, 0.5) is 0 Å². The van der Waals surface area contributed by atoms with Gasteiger partial charge in [-0.3, -0.25) is 4.57 Å². The van der Waals surface area contributed by atoms with E-state index in [0.717, 1.165) is 11.3 Å². The van der Waals surface area contributed by atoms with E-state index < -0.39 is 0 Å². The topological polar surface area (TPSA) is 17.8 Å². The monoisotopic (exact) mass is 193 g/mol. The van der Waals surface area contributed by atoms with Gasteiger partial charge in [0, 0.05) is 11.6 Å². The summed E-state index contributed by atoms with van der Waals surface area (Å²) in [6, 6.07) is 16.0. The van der Waals surface area contributed by atoms with E-state index in [2.05, 4.69) is 23.3 Å². The van der Waals surface area contributed by atoms with Crippen molar-refractivity contribution in [2.24, 2.45) is 0 Å². The van der Waals surface area contributed by atoms with Gasteiger partial charge in [-0.25, -0.2) is 4.98 Å². The van der Waals surface area contributed by atoms with Crippen molar-refractivity contribution >= 4 is 10.9 Å². The van der Waals surface area contributed by atoms with Gasteiger partial charge in [-0.05, 0) is 24.3 Å². The maximum Gasteiger partial charge on any atom is 0.137 e. The van der Waals surface area contributed by atoms with Crippen molar-refractivity contribution in [3.63, 3.8) is 0 Å². The smallest absolute Gasteiger partial charge is 0.137 e. The minimum Gasteiger partial charge on any atom is -0.292 e. The first-order valence-corrected chi connectivity index (χ1v) is 4.85. The Morgan fingerprint density at radius 3 is 2.73 bits per heavy atom. The van der Waals surface area contributed by atoms with Crippen molar-refractivity contribution in [1.29, 1.82) is 0 Å². The molecule has 0 amide bonds. The number of hydrogen-bond acceptors (Lipinski definition) is 1.